The van der Waals surface area contributed by atoms with E-state index in [-0.39, 0.29) is 0 Å². The molecule has 2 nitrogen and oxygen atoms in total. The highest BCUT2D eigenvalue weighted by atomic mass is 16.1. The maximum absolute atomic E-state index is 10.7. The Balaban J connectivity index is 2.09. The second-order valence-electron chi connectivity index (χ2n) is 5.28. The van der Waals surface area contributed by atoms with Crippen LogP contribution in [0.3, 0.4) is 0 Å². The van der Waals surface area contributed by atoms with Gasteiger partial charge in [-0.3, -0.25) is 9.79 Å². The first-order chi connectivity index (χ1) is 10.8. The van der Waals surface area contributed by atoms with Crippen LogP contribution in [-0.4, -0.2) is 12.0 Å². The van der Waals surface area contributed by atoms with E-state index in [1.807, 2.05) is 43.3 Å². The van der Waals surface area contributed by atoms with Crippen LogP contribution in [0.4, 0.5) is 0 Å². The van der Waals surface area contributed by atoms with E-state index >= 15 is 0 Å². The third-order valence-electron chi connectivity index (χ3n) is 3.82. The number of allylic oxidation sites excluding steroid dienone is 3. The molecular weight excluding hydrogens is 270 g/mol. The summed E-state index contributed by atoms with van der Waals surface area (Å²) in [6.45, 7) is 1.93. The van der Waals surface area contributed by atoms with Crippen molar-refractivity contribution in [1.29, 1.82) is 0 Å². The van der Waals surface area contributed by atoms with Crippen LogP contribution in [0.1, 0.15) is 24.5 Å². The number of nitrogens with zero attached hydrogens (tertiary/aromatic N) is 1. The van der Waals surface area contributed by atoms with Crippen LogP contribution in [0.2, 0.25) is 0 Å². The van der Waals surface area contributed by atoms with E-state index in [0.29, 0.717) is 0 Å². The summed E-state index contributed by atoms with van der Waals surface area (Å²) < 4.78 is 0. The summed E-state index contributed by atoms with van der Waals surface area (Å²) in [5.41, 5.74) is 6.38. The molecule has 0 saturated heterocycles. The zero-order chi connectivity index (χ0) is 15.4. The predicted octanol–water partition coefficient (Wildman–Crippen LogP) is 4.54. The summed E-state index contributed by atoms with van der Waals surface area (Å²) in [6.07, 6.45) is 3.15. The molecule has 2 aromatic rings. The molecule has 108 valence electrons. The highest BCUT2D eigenvalue weighted by Crippen LogP contribution is 2.36. The van der Waals surface area contributed by atoms with Gasteiger partial charge in [0.15, 0.2) is 0 Å². The Labute approximate surface area is 130 Å². The molecule has 0 aromatic heterocycles. The molecule has 0 N–H and O–H groups in total. The maximum Gasteiger partial charge on any atom is 0.143 e. The summed E-state index contributed by atoms with van der Waals surface area (Å²) in [7, 11) is 0. The van der Waals surface area contributed by atoms with Gasteiger partial charge < -0.3 is 0 Å². The van der Waals surface area contributed by atoms with Gasteiger partial charge in [0.2, 0.25) is 0 Å². The Morgan fingerprint density at radius 2 is 1.55 bits per heavy atom. The smallest absolute Gasteiger partial charge is 0.143 e. The van der Waals surface area contributed by atoms with Gasteiger partial charge in [-0.05, 0) is 29.7 Å². The van der Waals surface area contributed by atoms with Gasteiger partial charge in [0.1, 0.15) is 6.29 Å². The predicted molar refractivity (Wildman–Crippen MR) is 91.6 cm³/mol. The average Bonchev–Trinajstić information content (AvgIpc) is 3.02. The number of carbonyl (C=O) groups excluding carboxylic acids is 1. The zero-order valence-electron chi connectivity index (χ0n) is 12.5. The minimum absolute atomic E-state index is 0.754. The fourth-order valence-corrected chi connectivity index (χ4v) is 2.63. The third kappa shape index (κ3) is 2.82. The molecule has 1 heterocycles. The zero-order valence-corrected chi connectivity index (χ0v) is 12.5. The third-order valence-corrected chi connectivity index (χ3v) is 3.82. The number of aldehydes is 1. The highest BCUT2D eigenvalue weighted by Gasteiger charge is 2.21. The number of hydrogen-bond acceptors (Lipinski definition) is 2. The molecule has 0 fully saturated rings. The topological polar surface area (TPSA) is 29.4 Å². The molecule has 0 spiro atoms. The molecule has 0 bridgehead atoms. The van der Waals surface area contributed by atoms with Crippen molar-refractivity contribution >= 4 is 23.3 Å². The fourth-order valence-electron chi connectivity index (χ4n) is 2.63. The van der Waals surface area contributed by atoms with Crippen molar-refractivity contribution in [2.45, 2.75) is 13.3 Å². The minimum atomic E-state index is 0.754. The number of carbonyl (C=O) groups is 1. The summed E-state index contributed by atoms with van der Waals surface area (Å²) in [4.78, 5) is 15.5. The van der Waals surface area contributed by atoms with Crippen molar-refractivity contribution in [3.63, 3.8) is 0 Å². The Morgan fingerprint density at radius 1 is 0.955 bits per heavy atom. The lowest BCUT2D eigenvalue weighted by atomic mass is 9.96. The molecule has 2 heteroatoms. The Bertz CT molecular complexity index is 768. The van der Waals surface area contributed by atoms with E-state index in [1.54, 1.807) is 6.08 Å². The summed E-state index contributed by atoms with van der Waals surface area (Å²) in [5.74, 6) is 0. The Hall–Kier alpha value is -2.74. The largest absolute Gasteiger partial charge is 0.299 e. The monoisotopic (exact) mass is 287 g/mol. The number of benzene rings is 2. The molecule has 0 amide bonds. The van der Waals surface area contributed by atoms with E-state index in [9.17, 15) is 4.79 Å². The molecular formula is C20H17NO. The van der Waals surface area contributed by atoms with Gasteiger partial charge in [-0.25, -0.2) is 0 Å². The molecule has 0 aliphatic carbocycles. The number of rotatable bonds is 4. The van der Waals surface area contributed by atoms with Crippen molar-refractivity contribution < 1.29 is 4.79 Å². The quantitative estimate of drug-likeness (QED) is 0.599. The average molecular weight is 287 g/mol. The van der Waals surface area contributed by atoms with E-state index < -0.39 is 0 Å². The van der Waals surface area contributed by atoms with Crippen LogP contribution in [0, 0.1) is 0 Å². The van der Waals surface area contributed by atoms with Gasteiger partial charge >= 0.3 is 0 Å². The number of hydrogen-bond donors (Lipinski definition) is 0. The van der Waals surface area contributed by atoms with E-state index in [0.717, 1.165) is 35.3 Å². The number of aliphatic imine (C=N–C) groups is 1. The van der Waals surface area contributed by atoms with Gasteiger partial charge in [0.05, 0.1) is 5.70 Å². The highest BCUT2D eigenvalue weighted by molar-refractivity contribution is 6.17. The lowest BCUT2D eigenvalue weighted by Crippen LogP contribution is -1.97. The van der Waals surface area contributed by atoms with Gasteiger partial charge in [-0.1, -0.05) is 60.7 Å². The molecule has 3 rings (SSSR count). The molecule has 1 aliphatic heterocycles. The van der Waals surface area contributed by atoms with E-state index in [1.165, 1.54) is 11.1 Å². The van der Waals surface area contributed by atoms with Crippen LogP contribution in [0.15, 0.2) is 77.3 Å². The van der Waals surface area contributed by atoms with Gasteiger partial charge in [-0.2, -0.15) is 0 Å². The van der Waals surface area contributed by atoms with Gasteiger partial charge in [0.25, 0.3) is 0 Å². The van der Waals surface area contributed by atoms with Crippen molar-refractivity contribution in [1.82, 2.24) is 0 Å². The second-order valence-corrected chi connectivity index (χ2v) is 5.28. The van der Waals surface area contributed by atoms with Crippen molar-refractivity contribution in [3.8, 4) is 0 Å². The molecule has 1 aliphatic rings. The van der Waals surface area contributed by atoms with Gasteiger partial charge in [-0.15, -0.1) is 0 Å². The van der Waals surface area contributed by atoms with E-state index in [2.05, 4.69) is 24.3 Å². The van der Waals surface area contributed by atoms with Crippen LogP contribution >= 0.6 is 0 Å². The lowest BCUT2D eigenvalue weighted by molar-refractivity contribution is -0.104. The molecule has 0 atom stereocenters. The van der Waals surface area contributed by atoms with Gasteiger partial charge in [0, 0.05) is 17.7 Å². The van der Waals surface area contributed by atoms with Crippen LogP contribution in [0.25, 0.3) is 11.3 Å². The molecule has 0 unspecified atom stereocenters. The molecule has 0 saturated carbocycles. The summed E-state index contributed by atoms with van der Waals surface area (Å²) in [5, 5.41) is 0. The SMILES string of the molecule is C/C(=C\C=O)C1=NC(c2ccccc2)=C(c2ccccc2)C1. The lowest BCUT2D eigenvalue weighted by Gasteiger charge is -2.06. The second kappa shape index (κ2) is 6.35. The van der Waals surface area contributed by atoms with Crippen LogP contribution in [0.5, 0.6) is 0 Å². The van der Waals surface area contributed by atoms with Crippen LogP contribution in [-0.2, 0) is 4.79 Å². The van der Waals surface area contributed by atoms with Crippen molar-refractivity contribution in [2.75, 3.05) is 0 Å². The first-order valence-electron chi connectivity index (χ1n) is 7.33. The Morgan fingerprint density at radius 3 is 2.14 bits per heavy atom. The maximum atomic E-state index is 10.7. The standard InChI is InChI=1S/C20H17NO/c1-15(12-13-22)19-14-18(16-8-4-2-5-9-16)20(21-19)17-10-6-3-7-11-17/h2-13H,14H2,1H3/b15-12+. The van der Waals surface area contributed by atoms with Crippen molar-refractivity contribution in [3.05, 3.63) is 83.4 Å². The normalized spacial score (nSPS) is 15.0. The molecule has 2 aromatic carbocycles. The Kier molecular flexibility index (Phi) is 4.10. The minimum Gasteiger partial charge on any atom is -0.299 e. The molecule has 0 radical (unpaired) electrons. The summed E-state index contributed by atoms with van der Waals surface area (Å²) in [6, 6.07) is 20.5. The van der Waals surface area contributed by atoms with E-state index in [4.69, 9.17) is 4.99 Å². The fraction of sp³-hybridized carbons (Fsp3) is 0.100. The first-order valence-corrected chi connectivity index (χ1v) is 7.33. The first kappa shape index (κ1) is 14.2. The summed E-state index contributed by atoms with van der Waals surface area (Å²) >= 11 is 0. The molecule has 22 heavy (non-hydrogen) atoms. The van der Waals surface area contributed by atoms with Crippen LogP contribution < -0.4 is 0 Å². The van der Waals surface area contributed by atoms with Crippen molar-refractivity contribution in [2.24, 2.45) is 4.99 Å².